The van der Waals surface area contributed by atoms with Gasteiger partial charge in [-0.25, -0.2) is 4.39 Å². The largest absolute Gasteiger partial charge is 0.323 e. The van der Waals surface area contributed by atoms with Crippen LogP contribution in [0.4, 0.5) is 4.39 Å². The molecule has 76 valence electrons. The molecule has 1 aromatic rings. The molecule has 0 aliphatic heterocycles. The van der Waals surface area contributed by atoms with Crippen LogP contribution in [-0.2, 0) is 0 Å². The van der Waals surface area contributed by atoms with Crippen LogP contribution in [0.15, 0.2) is 18.2 Å². The lowest BCUT2D eigenvalue weighted by molar-refractivity contribution is 0.615. The molecule has 1 atom stereocenters. The standard InChI is InChI=1S/C10H11FN2.ClH/c1-7-6-8(2-3-9(7)11)10(13)4-5-12;/h2-3,6,10H,4,13H2,1H3;1H/t10-;/m0./s1. The van der Waals surface area contributed by atoms with Gasteiger partial charge in [-0.1, -0.05) is 12.1 Å². The molecule has 1 rings (SSSR count). The fourth-order valence-electron chi connectivity index (χ4n) is 1.11. The van der Waals surface area contributed by atoms with Gasteiger partial charge in [0.2, 0.25) is 0 Å². The Bertz CT molecular complexity index is 346. The fourth-order valence-corrected chi connectivity index (χ4v) is 1.11. The minimum atomic E-state index is -0.315. The summed E-state index contributed by atoms with van der Waals surface area (Å²) in [6.07, 6.45) is 0.255. The lowest BCUT2D eigenvalue weighted by atomic mass is 10.0. The summed E-state index contributed by atoms with van der Waals surface area (Å²) in [6, 6.07) is 6.34. The van der Waals surface area contributed by atoms with Crippen LogP contribution in [0, 0.1) is 24.1 Å². The van der Waals surface area contributed by atoms with Crippen LogP contribution in [0.1, 0.15) is 23.6 Å². The molecule has 14 heavy (non-hydrogen) atoms. The van der Waals surface area contributed by atoms with E-state index in [0.717, 1.165) is 5.56 Å². The Balaban J connectivity index is 0.00000169. The Morgan fingerprint density at radius 2 is 2.21 bits per heavy atom. The minimum absolute atomic E-state index is 0. The first-order valence-corrected chi connectivity index (χ1v) is 4.03. The van der Waals surface area contributed by atoms with E-state index in [0.29, 0.717) is 5.56 Å². The zero-order valence-electron chi connectivity index (χ0n) is 7.83. The topological polar surface area (TPSA) is 49.8 Å². The van der Waals surface area contributed by atoms with Gasteiger partial charge < -0.3 is 5.73 Å². The van der Waals surface area contributed by atoms with Gasteiger partial charge >= 0.3 is 0 Å². The van der Waals surface area contributed by atoms with Gasteiger partial charge in [0.1, 0.15) is 5.82 Å². The molecule has 0 aliphatic carbocycles. The van der Waals surface area contributed by atoms with Crippen LogP contribution in [0.25, 0.3) is 0 Å². The zero-order chi connectivity index (χ0) is 9.84. The molecule has 0 saturated heterocycles. The van der Waals surface area contributed by atoms with Gasteiger partial charge in [-0.15, -0.1) is 12.4 Å². The first-order valence-electron chi connectivity index (χ1n) is 4.03. The molecule has 1 aromatic carbocycles. The van der Waals surface area contributed by atoms with Crippen molar-refractivity contribution < 1.29 is 4.39 Å². The second-order valence-corrected chi connectivity index (χ2v) is 2.98. The summed E-state index contributed by atoms with van der Waals surface area (Å²) in [5.41, 5.74) is 7.05. The number of aryl methyl sites for hydroxylation is 1. The maximum Gasteiger partial charge on any atom is 0.126 e. The number of halogens is 2. The molecule has 0 aliphatic rings. The number of nitriles is 1. The summed E-state index contributed by atoms with van der Waals surface area (Å²) in [5, 5.41) is 8.42. The number of hydrogen-bond acceptors (Lipinski definition) is 2. The summed E-state index contributed by atoms with van der Waals surface area (Å²) >= 11 is 0. The predicted octanol–water partition coefficient (Wildman–Crippen LogP) is 2.47. The summed E-state index contributed by atoms with van der Waals surface area (Å²) in [5.74, 6) is -0.243. The maximum absolute atomic E-state index is 12.8. The summed E-state index contributed by atoms with van der Waals surface area (Å²) in [6.45, 7) is 1.68. The fraction of sp³-hybridized carbons (Fsp3) is 0.300. The van der Waals surface area contributed by atoms with Gasteiger partial charge in [0.05, 0.1) is 12.5 Å². The normalized spacial score (nSPS) is 11.3. The third-order valence-electron chi connectivity index (χ3n) is 1.92. The predicted molar refractivity (Wildman–Crippen MR) is 55.5 cm³/mol. The van der Waals surface area contributed by atoms with E-state index < -0.39 is 0 Å². The van der Waals surface area contributed by atoms with E-state index in [-0.39, 0.29) is 30.7 Å². The molecule has 0 unspecified atom stereocenters. The molecular formula is C10H12ClFN2. The van der Waals surface area contributed by atoms with Gasteiger partial charge in [0, 0.05) is 6.04 Å². The minimum Gasteiger partial charge on any atom is -0.323 e. The molecule has 2 nitrogen and oxygen atoms in total. The van der Waals surface area contributed by atoms with Crippen molar-refractivity contribution in [3.63, 3.8) is 0 Å². The highest BCUT2D eigenvalue weighted by atomic mass is 35.5. The number of benzene rings is 1. The van der Waals surface area contributed by atoms with Crippen LogP contribution in [0.5, 0.6) is 0 Å². The summed E-state index contributed by atoms with van der Waals surface area (Å²) in [7, 11) is 0. The molecule has 0 amide bonds. The van der Waals surface area contributed by atoms with E-state index in [2.05, 4.69) is 0 Å². The van der Waals surface area contributed by atoms with E-state index in [4.69, 9.17) is 11.0 Å². The first-order chi connectivity index (χ1) is 6.15. The third-order valence-corrected chi connectivity index (χ3v) is 1.92. The molecule has 0 spiro atoms. The van der Waals surface area contributed by atoms with Gasteiger partial charge in [-0.3, -0.25) is 0 Å². The monoisotopic (exact) mass is 214 g/mol. The van der Waals surface area contributed by atoms with Crippen LogP contribution < -0.4 is 5.73 Å². The van der Waals surface area contributed by atoms with Gasteiger partial charge in [0.25, 0.3) is 0 Å². The second-order valence-electron chi connectivity index (χ2n) is 2.98. The average molecular weight is 215 g/mol. The SMILES string of the molecule is Cc1cc([C@@H](N)CC#N)ccc1F.Cl. The van der Waals surface area contributed by atoms with E-state index in [1.54, 1.807) is 19.1 Å². The van der Waals surface area contributed by atoms with Crippen molar-refractivity contribution in [2.75, 3.05) is 0 Å². The maximum atomic E-state index is 12.8. The molecule has 0 radical (unpaired) electrons. The van der Waals surface area contributed by atoms with E-state index in [9.17, 15) is 4.39 Å². The Kier molecular flexibility index (Phi) is 5.14. The van der Waals surface area contributed by atoms with Crippen molar-refractivity contribution in [3.05, 3.63) is 35.1 Å². The van der Waals surface area contributed by atoms with Gasteiger partial charge in [-0.05, 0) is 24.1 Å². The van der Waals surface area contributed by atoms with E-state index in [1.807, 2.05) is 6.07 Å². The van der Waals surface area contributed by atoms with Crippen LogP contribution >= 0.6 is 12.4 Å². The smallest absolute Gasteiger partial charge is 0.126 e. The Labute approximate surface area is 88.9 Å². The van der Waals surface area contributed by atoms with Gasteiger partial charge in [-0.2, -0.15) is 5.26 Å². The quantitative estimate of drug-likeness (QED) is 0.822. The highest BCUT2D eigenvalue weighted by Gasteiger charge is 2.06. The molecule has 0 fully saturated rings. The number of nitrogens with two attached hydrogens (primary N) is 1. The number of hydrogen-bond donors (Lipinski definition) is 1. The van der Waals surface area contributed by atoms with Crippen LogP contribution in [-0.4, -0.2) is 0 Å². The highest BCUT2D eigenvalue weighted by molar-refractivity contribution is 5.85. The first kappa shape index (κ1) is 12.9. The number of nitrogens with zero attached hydrogens (tertiary/aromatic N) is 1. The van der Waals surface area contributed by atoms with Crippen molar-refractivity contribution in [2.45, 2.75) is 19.4 Å². The third kappa shape index (κ3) is 2.99. The number of rotatable bonds is 2. The van der Waals surface area contributed by atoms with E-state index in [1.165, 1.54) is 6.07 Å². The highest BCUT2D eigenvalue weighted by Crippen LogP contribution is 2.16. The molecule has 0 saturated carbocycles. The van der Waals surface area contributed by atoms with Gasteiger partial charge in [0.15, 0.2) is 0 Å². The lowest BCUT2D eigenvalue weighted by Crippen LogP contribution is -2.09. The molecule has 0 aromatic heterocycles. The summed E-state index contributed by atoms with van der Waals surface area (Å²) < 4.78 is 12.8. The molecule has 4 heteroatoms. The molecule has 0 bridgehead atoms. The molecule has 0 heterocycles. The second kappa shape index (κ2) is 5.58. The zero-order valence-corrected chi connectivity index (χ0v) is 8.64. The Morgan fingerprint density at radius 1 is 1.57 bits per heavy atom. The van der Waals surface area contributed by atoms with Crippen molar-refractivity contribution >= 4 is 12.4 Å². The van der Waals surface area contributed by atoms with Crippen LogP contribution in [0.3, 0.4) is 0 Å². The average Bonchev–Trinajstić information content (AvgIpc) is 2.10. The van der Waals surface area contributed by atoms with Crippen molar-refractivity contribution in [3.8, 4) is 6.07 Å². The molecular weight excluding hydrogens is 203 g/mol. The van der Waals surface area contributed by atoms with Crippen molar-refractivity contribution in [1.82, 2.24) is 0 Å². The molecule has 2 N–H and O–H groups in total. The van der Waals surface area contributed by atoms with E-state index >= 15 is 0 Å². The van der Waals surface area contributed by atoms with Crippen molar-refractivity contribution in [1.29, 1.82) is 5.26 Å². The Hall–Kier alpha value is -1.11. The Morgan fingerprint density at radius 3 is 2.71 bits per heavy atom. The van der Waals surface area contributed by atoms with Crippen LogP contribution in [0.2, 0.25) is 0 Å². The van der Waals surface area contributed by atoms with Crippen molar-refractivity contribution in [2.24, 2.45) is 5.73 Å². The summed E-state index contributed by atoms with van der Waals surface area (Å²) in [4.78, 5) is 0. The lowest BCUT2D eigenvalue weighted by Gasteiger charge is -2.08.